The van der Waals surface area contributed by atoms with Crippen LogP contribution in [0.3, 0.4) is 0 Å². The smallest absolute Gasteiger partial charge is 0.238 e. The van der Waals surface area contributed by atoms with Crippen LogP contribution in [0.25, 0.3) is 0 Å². The van der Waals surface area contributed by atoms with Crippen LogP contribution in [0.15, 0.2) is 0 Å². The zero-order valence-electron chi connectivity index (χ0n) is 43.1. The molecular formula is C47H98O9P4S5. The van der Waals surface area contributed by atoms with Crippen molar-refractivity contribution in [1.29, 1.82) is 0 Å². The maximum absolute atomic E-state index is 11.1. The van der Waals surface area contributed by atoms with Gasteiger partial charge in [0.15, 0.2) is 0 Å². The second-order valence-electron chi connectivity index (χ2n) is 17.3. The number of thiol groups is 1. The number of carbonyl (C=O) groups excluding carboxylic acids is 1. The number of hydrogen-bond donors (Lipinski definition) is 1. The van der Waals surface area contributed by atoms with Crippen molar-refractivity contribution in [2.24, 2.45) is 23.7 Å². The fourth-order valence-corrected chi connectivity index (χ4v) is 19.5. The van der Waals surface area contributed by atoms with Gasteiger partial charge in [0, 0.05) is 35.2 Å². The number of carbonyl (C=O) groups is 1. The van der Waals surface area contributed by atoms with Crippen LogP contribution in [0.1, 0.15) is 192 Å². The molecule has 9 nitrogen and oxygen atoms in total. The monoisotopic (exact) mass is 1090 g/mol. The lowest BCUT2D eigenvalue weighted by molar-refractivity contribution is -0.107. The molecule has 0 N–H and O–H groups in total. The number of aldehydes is 1. The summed E-state index contributed by atoms with van der Waals surface area (Å²) in [5, 5.41) is 0. The van der Waals surface area contributed by atoms with Gasteiger partial charge in [-0.25, -0.2) is 0 Å². The molecule has 0 rings (SSSR count). The molecule has 0 amide bonds. The minimum absolute atomic E-state index is 0.0489. The molecule has 9 atom stereocenters. The molecule has 0 aliphatic rings. The maximum atomic E-state index is 11.1. The van der Waals surface area contributed by atoms with Crippen molar-refractivity contribution in [2.75, 3.05) is 55.2 Å². The molecule has 0 bridgehead atoms. The minimum atomic E-state index is -1.34. The average Bonchev–Trinajstić information content (AvgIpc) is 3.30. The highest BCUT2D eigenvalue weighted by molar-refractivity contribution is 8.54. The third kappa shape index (κ3) is 39.0. The third-order valence-corrected chi connectivity index (χ3v) is 24.7. The van der Waals surface area contributed by atoms with E-state index in [4.69, 9.17) is 36.2 Å². The van der Waals surface area contributed by atoms with E-state index in [0.717, 1.165) is 69.9 Å². The van der Waals surface area contributed by atoms with Crippen LogP contribution in [0.4, 0.5) is 0 Å². The number of rotatable bonds is 50. The van der Waals surface area contributed by atoms with E-state index in [1.807, 2.05) is 6.92 Å². The van der Waals surface area contributed by atoms with E-state index in [-0.39, 0.29) is 24.4 Å². The van der Waals surface area contributed by atoms with Crippen molar-refractivity contribution in [2.45, 2.75) is 217 Å². The van der Waals surface area contributed by atoms with E-state index >= 15 is 0 Å². The summed E-state index contributed by atoms with van der Waals surface area (Å²) in [7, 11) is -4.82. The molecule has 0 aromatic heterocycles. The SMILES string of the molecule is CCCCC(CC)COP(OCC(CC)CCCC)SCC(C)OP(OC(C)CSP(OCC(CC)CCCC)OCC(CC)CCCC)SCC(C)OP(OC(C)CS)SCCC=O. The molecule has 390 valence electrons. The van der Waals surface area contributed by atoms with Crippen molar-refractivity contribution in [1.82, 2.24) is 0 Å². The molecule has 0 aromatic carbocycles. The summed E-state index contributed by atoms with van der Waals surface area (Å²) in [6.07, 6.45) is 20.1. The zero-order valence-corrected chi connectivity index (χ0v) is 50.9. The maximum Gasteiger partial charge on any atom is 0.238 e. The van der Waals surface area contributed by atoms with Gasteiger partial charge in [-0.15, -0.1) is 0 Å². The van der Waals surface area contributed by atoms with Gasteiger partial charge < -0.3 is 41.0 Å². The van der Waals surface area contributed by atoms with Crippen molar-refractivity contribution < 1.29 is 41.0 Å². The Morgan fingerprint density at radius 1 is 0.446 bits per heavy atom. The molecule has 18 heteroatoms. The molecule has 65 heavy (non-hydrogen) atoms. The molecule has 0 heterocycles. The molecule has 0 fully saturated rings. The first-order valence-electron chi connectivity index (χ1n) is 25.4. The standard InChI is InChI=1S/C47H98O9P4S5/c1-13-21-26-44(17-5)32-49-57(50-33-45(18-6)27-22-14-2)63-37-41(10)55-60(65-39-43(12)54-59(53-40(9)36-61)62-31-25-30-48)56-42(11)38-64-58(51-34-46(19-7)28-23-15-3)52-35-47(20-8)29-24-16-4/h30,40-47,61H,13-29,31-39H2,1-12H3. The Labute approximate surface area is 428 Å². The van der Waals surface area contributed by atoms with Gasteiger partial charge in [-0.2, -0.15) is 12.6 Å². The van der Waals surface area contributed by atoms with Gasteiger partial charge in [-0.3, -0.25) is 0 Å². The van der Waals surface area contributed by atoms with Crippen LogP contribution < -0.4 is 0 Å². The Balaban J connectivity index is 6.11. The van der Waals surface area contributed by atoms with Crippen LogP contribution in [0.2, 0.25) is 0 Å². The van der Waals surface area contributed by atoms with Gasteiger partial charge in [0.2, 0.25) is 30.3 Å². The average molecular weight is 1090 g/mol. The van der Waals surface area contributed by atoms with E-state index in [1.165, 1.54) is 77.0 Å². The summed E-state index contributed by atoms with van der Waals surface area (Å²) >= 11 is 11.2. The van der Waals surface area contributed by atoms with Crippen LogP contribution in [0.5, 0.6) is 0 Å². The Bertz CT molecular complexity index is 949. The van der Waals surface area contributed by atoms with Crippen molar-refractivity contribution in [3.8, 4) is 0 Å². The highest BCUT2D eigenvalue weighted by atomic mass is 32.7. The van der Waals surface area contributed by atoms with E-state index in [9.17, 15) is 4.79 Å². The second-order valence-corrected chi connectivity index (χ2v) is 30.4. The van der Waals surface area contributed by atoms with Gasteiger partial charge >= 0.3 is 0 Å². The predicted molar refractivity (Wildman–Crippen MR) is 301 cm³/mol. The van der Waals surface area contributed by atoms with Gasteiger partial charge in [0.05, 0.1) is 50.8 Å². The summed E-state index contributed by atoms with van der Waals surface area (Å²) in [5.74, 6) is 5.64. The largest absolute Gasteiger partial charge is 0.326 e. The van der Waals surface area contributed by atoms with Crippen LogP contribution in [0, 0.1) is 23.7 Å². The van der Waals surface area contributed by atoms with Crippen LogP contribution in [-0.2, 0) is 41.0 Å². The molecule has 0 saturated heterocycles. The molecule has 0 spiro atoms. The summed E-state index contributed by atoms with van der Waals surface area (Å²) in [6, 6.07) is 0. The molecule has 0 aromatic rings. The van der Waals surface area contributed by atoms with Crippen molar-refractivity contribution >= 4 is 94.8 Å². The summed E-state index contributed by atoms with van der Waals surface area (Å²) in [5.41, 5.74) is 0. The molecular weight excluding hydrogens is 993 g/mol. The first kappa shape index (κ1) is 67.8. The summed E-state index contributed by atoms with van der Waals surface area (Å²) in [6.45, 7) is 29.5. The Hall–Kier alpha value is 2.82. The molecule has 9 unspecified atom stereocenters. The van der Waals surface area contributed by atoms with Crippen LogP contribution in [-0.4, -0.2) is 85.9 Å². The number of hydrogen-bond acceptors (Lipinski definition) is 14. The number of unbranched alkanes of at least 4 members (excludes halogenated alkanes) is 4. The first-order valence-corrected chi connectivity index (χ1v) is 37.1. The molecule has 0 saturated carbocycles. The summed E-state index contributed by atoms with van der Waals surface area (Å²) in [4.78, 5) is 11.1. The topological polar surface area (TPSA) is 90.9 Å². The van der Waals surface area contributed by atoms with Gasteiger partial charge in [-0.05, 0) is 77.0 Å². The highest BCUT2D eigenvalue weighted by Gasteiger charge is 2.27. The lowest BCUT2D eigenvalue weighted by Gasteiger charge is -2.28. The van der Waals surface area contributed by atoms with Crippen molar-refractivity contribution in [3.63, 3.8) is 0 Å². The lowest BCUT2D eigenvalue weighted by atomic mass is 10.0. The van der Waals surface area contributed by atoms with Gasteiger partial charge in [0.25, 0.3) is 0 Å². The summed E-state index contributed by atoms with van der Waals surface area (Å²) < 4.78 is 52.8. The quantitative estimate of drug-likeness (QED) is 0.0272. The fraction of sp³-hybridized carbons (Fsp3) is 0.979. The van der Waals surface area contributed by atoms with E-state index in [0.29, 0.717) is 47.4 Å². The molecule has 0 aliphatic heterocycles. The normalized spacial score (nSPS) is 17.7. The van der Waals surface area contributed by atoms with E-state index < -0.39 is 30.3 Å². The Kier molecular flexibility index (Phi) is 49.9. The van der Waals surface area contributed by atoms with E-state index in [1.54, 1.807) is 45.5 Å². The fourth-order valence-electron chi connectivity index (χ4n) is 6.04. The minimum Gasteiger partial charge on any atom is -0.326 e. The van der Waals surface area contributed by atoms with Gasteiger partial charge in [-0.1, -0.05) is 178 Å². The first-order chi connectivity index (χ1) is 31.4. The van der Waals surface area contributed by atoms with Crippen LogP contribution >= 0.6 is 88.5 Å². The van der Waals surface area contributed by atoms with Gasteiger partial charge in [0.1, 0.15) is 6.29 Å². The lowest BCUT2D eigenvalue weighted by Crippen LogP contribution is -2.15. The van der Waals surface area contributed by atoms with E-state index in [2.05, 4.69) is 88.8 Å². The van der Waals surface area contributed by atoms with Crippen molar-refractivity contribution in [3.05, 3.63) is 0 Å². The zero-order chi connectivity index (χ0) is 48.5. The third-order valence-electron chi connectivity index (χ3n) is 10.8. The Morgan fingerprint density at radius 3 is 1.02 bits per heavy atom. The second kappa shape index (κ2) is 47.8. The highest BCUT2D eigenvalue weighted by Crippen LogP contribution is 2.60. The predicted octanol–water partition coefficient (Wildman–Crippen LogP) is 18.9. The molecule has 0 radical (unpaired) electrons. The Morgan fingerprint density at radius 2 is 0.738 bits per heavy atom. The molecule has 0 aliphatic carbocycles.